The molecule has 2 aromatic rings. The average Bonchev–Trinajstić information content (AvgIpc) is 2.48. The number of hydrogen-bond acceptors (Lipinski definition) is 4. The number of carbonyl (C=O) groups is 2. The normalized spacial score (nSPS) is 10.2. The quantitative estimate of drug-likeness (QED) is 0.585. The zero-order chi connectivity index (χ0) is 16.8. The SMILES string of the molecule is O=C(COc1ccc(F)cc1F)OC(=O)Cc1ccc(Br)cc1. The van der Waals surface area contributed by atoms with Crippen molar-refractivity contribution in [2.75, 3.05) is 6.61 Å². The Balaban J connectivity index is 1.82. The van der Waals surface area contributed by atoms with E-state index in [9.17, 15) is 18.4 Å². The van der Waals surface area contributed by atoms with Gasteiger partial charge in [0.15, 0.2) is 18.2 Å². The Morgan fingerprint density at radius 2 is 1.70 bits per heavy atom. The van der Waals surface area contributed by atoms with Crippen molar-refractivity contribution in [2.24, 2.45) is 0 Å². The van der Waals surface area contributed by atoms with Gasteiger partial charge in [0.2, 0.25) is 0 Å². The van der Waals surface area contributed by atoms with Crippen molar-refractivity contribution in [2.45, 2.75) is 6.42 Å². The third-order valence-corrected chi connectivity index (χ3v) is 3.26. The summed E-state index contributed by atoms with van der Waals surface area (Å²) >= 11 is 3.26. The van der Waals surface area contributed by atoms with Crippen LogP contribution in [0.2, 0.25) is 0 Å². The van der Waals surface area contributed by atoms with Gasteiger partial charge in [-0.2, -0.15) is 0 Å². The molecule has 7 heteroatoms. The number of carbonyl (C=O) groups excluding carboxylic acids is 2. The van der Waals surface area contributed by atoms with Crippen LogP contribution >= 0.6 is 15.9 Å². The molecule has 0 aliphatic rings. The molecule has 0 N–H and O–H groups in total. The summed E-state index contributed by atoms with van der Waals surface area (Å²) in [5.74, 6) is -3.72. The van der Waals surface area contributed by atoms with Gasteiger partial charge in [0, 0.05) is 10.5 Å². The van der Waals surface area contributed by atoms with E-state index in [1.807, 2.05) is 0 Å². The lowest BCUT2D eigenvalue weighted by molar-refractivity contribution is -0.160. The molecule has 2 rings (SSSR count). The molecular weight excluding hydrogens is 374 g/mol. The van der Waals surface area contributed by atoms with E-state index < -0.39 is 30.2 Å². The Morgan fingerprint density at radius 1 is 1.00 bits per heavy atom. The van der Waals surface area contributed by atoms with Crippen LogP contribution in [0.3, 0.4) is 0 Å². The summed E-state index contributed by atoms with van der Waals surface area (Å²) in [6.45, 7) is -0.658. The van der Waals surface area contributed by atoms with Crippen molar-refractivity contribution in [3.8, 4) is 5.75 Å². The first-order chi connectivity index (χ1) is 10.9. The molecule has 23 heavy (non-hydrogen) atoms. The summed E-state index contributed by atoms with van der Waals surface area (Å²) in [7, 11) is 0. The maximum atomic E-state index is 13.3. The summed E-state index contributed by atoms with van der Waals surface area (Å²) in [5, 5.41) is 0. The lowest BCUT2D eigenvalue weighted by Gasteiger charge is -2.07. The highest BCUT2D eigenvalue weighted by molar-refractivity contribution is 9.10. The molecule has 0 saturated carbocycles. The van der Waals surface area contributed by atoms with Crippen LogP contribution in [0.4, 0.5) is 8.78 Å². The van der Waals surface area contributed by atoms with Gasteiger partial charge in [-0.25, -0.2) is 13.6 Å². The second kappa shape index (κ2) is 7.82. The van der Waals surface area contributed by atoms with Gasteiger partial charge in [0.05, 0.1) is 6.42 Å². The van der Waals surface area contributed by atoms with E-state index in [0.717, 1.165) is 16.6 Å². The summed E-state index contributed by atoms with van der Waals surface area (Å²) < 4.78 is 36.3. The van der Waals surface area contributed by atoms with E-state index in [2.05, 4.69) is 20.7 Å². The predicted octanol–water partition coefficient (Wildman–Crippen LogP) is 3.42. The van der Waals surface area contributed by atoms with Gasteiger partial charge in [0.25, 0.3) is 0 Å². The molecule has 4 nitrogen and oxygen atoms in total. The van der Waals surface area contributed by atoms with Gasteiger partial charge in [-0.15, -0.1) is 0 Å². The lowest BCUT2D eigenvalue weighted by atomic mass is 10.2. The molecule has 0 amide bonds. The summed E-state index contributed by atoms with van der Waals surface area (Å²) in [6.07, 6.45) is -0.0794. The van der Waals surface area contributed by atoms with E-state index in [1.54, 1.807) is 24.3 Å². The molecule has 0 heterocycles. The Bertz CT molecular complexity index is 717. The highest BCUT2D eigenvalue weighted by atomic mass is 79.9. The molecule has 0 bridgehead atoms. The van der Waals surface area contributed by atoms with Gasteiger partial charge in [-0.1, -0.05) is 28.1 Å². The van der Waals surface area contributed by atoms with Crippen LogP contribution in [0, 0.1) is 11.6 Å². The largest absolute Gasteiger partial charge is 0.479 e. The molecule has 0 aliphatic carbocycles. The number of hydrogen-bond donors (Lipinski definition) is 0. The average molecular weight is 385 g/mol. The van der Waals surface area contributed by atoms with Crippen molar-refractivity contribution < 1.29 is 27.8 Å². The van der Waals surface area contributed by atoms with Crippen LogP contribution in [-0.4, -0.2) is 18.5 Å². The fourth-order valence-electron chi connectivity index (χ4n) is 1.69. The van der Waals surface area contributed by atoms with Crippen molar-refractivity contribution in [3.63, 3.8) is 0 Å². The predicted molar refractivity (Wildman–Crippen MR) is 80.8 cm³/mol. The Labute approximate surface area is 139 Å². The van der Waals surface area contributed by atoms with Gasteiger partial charge in [0.1, 0.15) is 5.82 Å². The molecule has 0 unspecified atom stereocenters. The van der Waals surface area contributed by atoms with Crippen molar-refractivity contribution >= 4 is 27.9 Å². The molecule has 2 aromatic carbocycles. The number of halogens is 3. The molecule has 0 spiro atoms. The van der Waals surface area contributed by atoms with Gasteiger partial charge in [-0.3, -0.25) is 4.79 Å². The van der Waals surface area contributed by atoms with Gasteiger partial charge in [-0.05, 0) is 29.8 Å². The first-order valence-electron chi connectivity index (χ1n) is 6.50. The second-order valence-electron chi connectivity index (χ2n) is 4.51. The second-order valence-corrected chi connectivity index (χ2v) is 5.43. The molecule has 0 radical (unpaired) electrons. The standard InChI is InChI=1S/C16H11BrF2O4/c17-11-3-1-10(2-4-11)7-15(20)23-16(21)9-22-14-6-5-12(18)8-13(14)19/h1-6,8H,7,9H2. The minimum atomic E-state index is -0.962. The fourth-order valence-corrected chi connectivity index (χ4v) is 1.95. The van der Waals surface area contributed by atoms with Gasteiger partial charge >= 0.3 is 11.9 Å². The lowest BCUT2D eigenvalue weighted by Crippen LogP contribution is -2.20. The van der Waals surface area contributed by atoms with Crippen LogP contribution in [-0.2, 0) is 20.7 Å². The minimum Gasteiger partial charge on any atom is -0.479 e. The number of esters is 2. The van der Waals surface area contributed by atoms with Gasteiger partial charge < -0.3 is 9.47 Å². The molecule has 0 fully saturated rings. The molecule has 0 saturated heterocycles. The monoisotopic (exact) mass is 384 g/mol. The minimum absolute atomic E-state index is 0.0794. The van der Waals surface area contributed by atoms with Crippen LogP contribution in [0.15, 0.2) is 46.9 Å². The molecule has 0 aromatic heterocycles. The topological polar surface area (TPSA) is 52.6 Å². The third-order valence-electron chi connectivity index (χ3n) is 2.73. The van der Waals surface area contributed by atoms with E-state index in [-0.39, 0.29) is 12.2 Å². The van der Waals surface area contributed by atoms with Crippen molar-refractivity contribution in [1.82, 2.24) is 0 Å². The Hall–Kier alpha value is -2.28. The van der Waals surface area contributed by atoms with E-state index in [1.165, 1.54) is 0 Å². The number of rotatable bonds is 5. The maximum absolute atomic E-state index is 13.3. The third kappa shape index (κ3) is 5.45. The molecular formula is C16H11BrF2O4. The number of benzene rings is 2. The summed E-state index contributed by atoms with van der Waals surface area (Å²) in [5.41, 5.74) is 0.677. The first kappa shape index (κ1) is 17.1. The van der Waals surface area contributed by atoms with Crippen LogP contribution in [0.25, 0.3) is 0 Å². The molecule has 120 valence electrons. The van der Waals surface area contributed by atoms with Crippen LogP contribution < -0.4 is 4.74 Å². The highest BCUT2D eigenvalue weighted by Gasteiger charge is 2.13. The first-order valence-corrected chi connectivity index (χ1v) is 7.29. The zero-order valence-electron chi connectivity index (χ0n) is 11.7. The van der Waals surface area contributed by atoms with E-state index in [0.29, 0.717) is 11.6 Å². The van der Waals surface area contributed by atoms with Crippen LogP contribution in [0.1, 0.15) is 5.56 Å². The summed E-state index contributed by atoms with van der Waals surface area (Å²) in [6, 6.07) is 9.58. The van der Waals surface area contributed by atoms with E-state index in [4.69, 9.17) is 4.74 Å². The zero-order valence-corrected chi connectivity index (χ0v) is 13.3. The highest BCUT2D eigenvalue weighted by Crippen LogP contribution is 2.17. The smallest absolute Gasteiger partial charge is 0.351 e. The Kier molecular flexibility index (Phi) is 5.81. The van der Waals surface area contributed by atoms with Crippen LogP contribution in [0.5, 0.6) is 5.75 Å². The fraction of sp³-hybridized carbons (Fsp3) is 0.125. The van der Waals surface area contributed by atoms with E-state index >= 15 is 0 Å². The molecule has 0 atom stereocenters. The number of ether oxygens (including phenoxy) is 2. The molecule has 0 aliphatic heterocycles. The summed E-state index contributed by atoms with van der Waals surface area (Å²) in [4.78, 5) is 23.1. The maximum Gasteiger partial charge on any atom is 0.351 e. The van der Waals surface area contributed by atoms with Crippen molar-refractivity contribution in [3.05, 3.63) is 64.1 Å². The Morgan fingerprint density at radius 3 is 2.35 bits per heavy atom. The van der Waals surface area contributed by atoms with Crippen molar-refractivity contribution in [1.29, 1.82) is 0 Å².